The van der Waals surface area contributed by atoms with E-state index in [0.717, 1.165) is 46.6 Å². The predicted molar refractivity (Wildman–Crippen MR) is 108 cm³/mol. The zero-order valence-corrected chi connectivity index (χ0v) is 15.9. The van der Waals surface area contributed by atoms with Gasteiger partial charge in [0, 0.05) is 18.5 Å². The molecule has 5 nitrogen and oxygen atoms in total. The lowest BCUT2D eigenvalue weighted by Gasteiger charge is -2.28. The second-order valence-corrected chi connectivity index (χ2v) is 7.48. The topological polar surface area (TPSA) is 58.4 Å². The quantitative estimate of drug-likeness (QED) is 0.747. The van der Waals surface area contributed by atoms with Crippen molar-refractivity contribution in [3.63, 3.8) is 0 Å². The first kappa shape index (κ1) is 17.6. The van der Waals surface area contributed by atoms with E-state index in [-0.39, 0.29) is 0 Å². The van der Waals surface area contributed by atoms with Crippen LogP contribution in [0.2, 0.25) is 0 Å². The monoisotopic (exact) mass is 363 g/mol. The van der Waals surface area contributed by atoms with Crippen LogP contribution in [-0.4, -0.2) is 33.7 Å². The van der Waals surface area contributed by atoms with Crippen molar-refractivity contribution < 1.29 is 9.90 Å². The Labute approximate surface area is 159 Å². The summed E-state index contributed by atoms with van der Waals surface area (Å²) in [5.41, 5.74) is 4.40. The molecular formula is C22H25N3O2. The highest BCUT2D eigenvalue weighted by molar-refractivity contribution is 5.96. The van der Waals surface area contributed by atoms with E-state index in [1.807, 2.05) is 36.6 Å². The minimum Gasteiger partial charge on any atom is -0.477 e. The maximum Gasteiger partial charge on any atom is 0.352 e. The normalized spacial score (nSPS) is 14.7. The number of aromatic carboxylic acids is 1. The molecule has 0 atom stereocenters. The lowest BCUT2D eigenvalue weighted by molar-refractivity contribution is 0.0686. The van der Waals surface area contributed by atoms with Crippen molar-refractivity contribution in [2.75, 3.05) is 18.0 Å². The molecule has 140 valence electrons. The van der Waals surface area contributed by atoms with Crippen molar-refractivity contribution in [2.24, 2.45) is 0 Å². The minimum atomic E-state index is -0.907. The maximum absolute atomic E-state index is 11.8. The van der Waals surface area contributed by atoms with E-state index in [0.29, 0.717) is 12.2 Å². The third-order valence-electron chi connectivity index (χ3n) is 5.34. The van der Waals surface area contributed by atoms with Gasteiger partial charge in [-0.05, 0) is 62.9 Å². The zero-order chi connectivity index (χ0) is 19.0. The number of rotatable bonds is 4. The third-order valence-corrected chi connectivity index (χ3v) is 5.34. The van der Waals surface area contributed by atoms with E-state index >= 15 is 0 Å². The first-order chi connectivity index (χ1) is 13.0. The molecule has 5 heteroatoms. The van der Waals surface area contributed by atoms with Crippen LogP contribution in [0.5, 0.6) is 0 Å². The van der Waals surface area contributed by atoms with Gasteiger partial charge in [-0.2, -0.15) is 0 Å². The van der Waals surface area contributed by atoms with Gasteiger partial charge in [0.1, 0.15) is 11.5 Å². The first-order valence-corrected chi connectivity index (χ1v) is 9.57. The van der Waals surface area contributed by atoms with Crippen LogP contribution in [0.25, 0.3) is 10.9 Å². The summed E-state index contributed by atoms with van der Waals surface area (Å²) in [5.74, 6) is 0.0866. The minimum absolute atomic E-state index is 0.309. The molecular weight excluding hydrogens is 338 g/mol. The fraction of sp³-hybridized carbons (Fsp3) is 0.364. The standard InChI is InChI=1S/C22H25N3O2/c1-15-11-16(2)21-17(12-15)13-19(22(26)27)25(21)14-18-7-6-8-20(23-18)24-9-4-3-5-10-24/h6-8,11-13H,3-5,9-10,14H2,1-2H3,(H,26,27). The number of aryl methyl sites for hydroxylation is 2. The fourth-order valence-electron chi connectivity index (χ4n) is 4.17. The van der Waals surface area contributed by atoms with E-state index in [1.165, 1.54) is 19.3 Å². The van der Waals surface area contributed by atoms with Crippen molar-refractivity contribution in [3.8, 4) is 0 Å². The SMILES string of the molecule is Cc1cc(C)c2c(c1)cc(C(=O)O)n2Cc1cccc(N2CCCCC2)n1. The van der Waals surface area contributed by atoms with Crippen LogP contribution < -0.4 is 4.90 Å². The molecule has 0 aliphatic carbocycles. The second kappa shape index (κ2) is 7.06. The lowest BCUT2D eigenvalue weighted by Crippen LogP contribution is -2.30. The van der Waals surface area contributed by atoms with Crippen LogP contribution in [0.15, 0.2) is 36.4 Å². The first-order valence-electron chi connectivity index (χ1n) is 9.57. The van der Waals surface area contributed by atoms with Gasteiger partial charge in [-0.15, -0.1) is 0 Å². The molecule has 4 rings (SSSR count). The van der Waals surface area contributed by atoms with Crippen molar-refractivity contribution in [1.82, 2.24) is 9.55 Å². The van der Waals surface area contributed by atoms with Crippen LogP contribution in [0, 0.1) is 13.8 Å². The lowest BCUT2D eigenvalue weighted by atomic mass is 10.1. The summed E-state index contributed by atoms with van der Waals surface area (Å²) < 4.78 is 1.88. The Morgan fingerprint density at radius 3 is 2.63 bits per heavy atom. The van der Waals surface area contributed by atoms with Crippen LogP contribution >= 0.6 is 0 Å². The fourth-order valence-corrected chi connectivity index (χ4v) is 4.17. The summed E-state index contributed by atoms with van der Waals surface area (Å²) in [4.78, 5) is 19.0. The number of carbonyl (C=O) groups is 1. The average molecular weight is 363 g/mol. The molecule has 0 amide bonds. The van der Waals surface area contributed by atoms with Crippen molar-refractivity contribution >= 4 is 22.7 Å². The highest BCUT2D eigenvalue weighted by atomic mass is 16.4. The number of carboxylic acids is 1. The number of fused-ring (bicyclic) bond motifs is 1. The van der Waals surface area contributed by atoms with Gasteiger partial charge in [-0.3, -0.25) is 0 Å². The highest BCUT2D eigenvalue weighted by Gasteiger charge is 2.18. The number of benzene rings is 1. The van der Waals surface area contributed by atoms with Gasteiger partial charge >= 0.3 is 5.97 Å². The Bertz CT molecular complexity index is 1000. The summed E-state index contributed by atoms with van der Waals surface area (Å²) in [6.07, 6.45) is 3.69. The van der Waals surface area contributed by atoms with Gasteiger partial charge in [-0.1, -0.05) is 17.7 Å². The number of hydrogen-bond acceptors (Lipinski definition) is 3. The van der Waals surface area contributed by atoms with E-state index < -0.39 is 5.97 Å². The summed E-state index contributed by atoms with van der Waals surface area (Å²) in [6, 6.07) is 12.0. The molecule has 3 aromatic rings. The Morgan fingerprint density at radius 1 is 1.11 bits per heavy atom. The van der Waals surface area contributed by atoms with Gasteiger partial charge in [0.2, 0.25) is 0 Å². The molecule has 27 heavy (non-hydrogen) atoms. The number of pyridine rings is 1. The van der Waals surface area contributed by atoms with Gasteiger partial charge in [-0.25, -0.2) is 9.78 Å². The molecule has 0 spiro atoms. The van der Waals surface area contributed by atoms with Crippen LogP contribution in [0.1, 0.15) is 46.6 Å². The summed E-state index contributed by atoms with van der Waals surface area (Å²) in [5, 5.41) is 10.7. The number of nitrogens with zero attached hydrogens (tertiary/aromatic N) is 3. The molecule has 2 aromatic heterocycles. The van der Waals surface area contributed by atoms with E-state index in [4.69, 9.17) is 4.98 Å². The molecule has 1 aromatic carbocycles. The van der Waals surface area contributed by atoms with E-state index in [1.54, 1.807) is 6.07 Å². The predicted octanol–water partition coefficient (Wildman–Crippen LogP) is 4.39. The molecule has 0 bridgehead atoms. The molecule has 0 unspecified atom stereocenters. The number of aromatic nitrogens is 2. The largest absolute Gasteiger partial charge is 0.477 e. The smallest absolute Gasteiger partial charge is 0.352 e. The molecule has 1 N–H and O–H groups in total. The maximum atomic E-state index is 11.8. The van der Waals surface area contributed by atoms with Gasteiger partial charge in [0.05, 0.1) is 17.8 Å². The Kier molecular flexibility index (Phi) is 4.60. The Hall–Kier alpha value is -2.82. The molecule has 1 saturated heterocycles. The van der Waals surface area contributed by atoms with Gasteiger partial charge in [0.25, 0.3) is 0 Å². The Morgan fingerprint density at radius 2 is 1.89 bits per heavy atom. The summed E-state index contributed by atoms with van der Waals surface area (Å²) in [7, 11) is 0. The number of anilines is 1. The molecule has 1 aliphatic rings. The number of carboxylic acid groups (broad SMARTS) is 1. The molecule has 0 saturated carbocycles. The third kappa shape index (κ3) is 3.42. The molecule has 3 heterocycles. The van der Waals surface area contributed by atoms with E-state index in [9.17, 15) is 9.90 Å². The summed E-state index contributed by atoms with van der Waals surface area (Å²) >= 11 is 0. The zero-order valence-electron chi connectivity index (χ0n) is 15.9. The van der Waals surface area contributed by atoms with Gasteiger partial charge < -0.3 is 14.6 Å². The molecule has 0 radical (unpaired) electrons. The molecule has 1 aliphatic heterocycles. The highest BCUT2D eigenvalue weighted by Crippen LogP contribution is 2.26. The van der Waals surface area contributed by atoms with Crippen LogP contribution in [0.3, 0.4) is 0 Å². The number of piperidine rings is 1. The van der Waals surface area contributed by atoms with Crippen molar-refractivity contribution in [2.45, 2.75) is 39.7 Å². The van der Waals surface area contributed by atoms with Gasteiger partial charge in [0.15, 0.2) is 0 Å². The number of hydrogen-bond donors (Lipinski definition) is 1. The Balaban J connectivity index is 1.75. The van der Waals surface area contributed by atoms with Crippen molar-refractivity contribution in [3.05, 3.63) is 58.9 Å². The van der Waals surface area contributed by atoms with Crippen molar-refractivity contribution in [1.29, 1.82) is 0 Å². The van der Waals surface area contributed by atoms with Crippen LogP contribution in [0.4, 0.5) is 5.82 Å². The van der Waals surface area contributed by atoms with E-state index in [2.05, 4.69) is 17.0 Å². The average Bonchev–Trinajstić information content (AvgIpc) is 3.01. The second-order valence-electron chi connectivity index (χ2n) is 7.48. The molecule has 1 fully saturated rings. The summed E-state index contributed by atoms with van der Waals surface area (Å²) in [6.45, 7) is 6.61. The van der Waals surface area contributed by atoms with Crippen LogP contribution in [-0.2, 0) is 6.54 Å².